The minimum absolute atomic E-state index is 0. The Morgan fingerprint density at radius 2 is 1.61 bits per heavy atom. The summed E-state index contributed by atoms with van der Waals surface area (Å²) in [6.07, 6.45) is 4.08. The van der Waals surface area contributed by atoms with E-state index in [0.717, 1.165) is 31.1 Å². The molecule has 4 heteroatoms. The molecule has 0 aliphatic heterocycles. The molecule has 2 aliphatic carbocycles. The van der Waals surface area contributed by atoms with E-state index in [2.05, 4.69) is 41.0 Å². The number of halogens is 2. The van der Waals surface area contributed by atoms with E-state index < -0.39 is 0 Å². The lowest BCUT2D eigenvalue weighted by molar-refractivity contribution is 0.600. The van der Waals surface area contributed by atoms with Crippen LogP contribution in [0.3, 0.4) is 0 Å². The SMILES string of the molecule is Cl.Cl.c1ccc(C2CC2NCCNC2CC2)cc1. The fourth-order valence-corrected chi connectivity index (χ4v) is 2.31. The van der Waals surface area contributed by atoms with Crippen LogP contribution in [-0.4, -0.2) is 25.2 Å². The third-order valence-electron chi connectivity index (χ3n) is 3.56. The van der Waals surface area contributed by atoms with Crippen molar-refractivity contribution in [1.29, 1.82) is 0 Å². The summed E-state index contributed by atoms with van der Waals surface area (Å²) in [5.74, 6) is 0.766. The number of rotatable bonds is 6. The summed E-state index contributed by atoms with van der Waals surface area (Å²) < 4.78 is 0. The average Bonchev–Trinajstić information content (AvgIpc) is 3.21. The molecule has 3 rings (SSSR count). The molecule has 1 aromatic carbocycles. The number of hydrogen-bond donors (Lipinski definition) is 2. The highest BCUT2D eigenvalue weighted by molar-refractivity contribution is 5.85. The number of nitrogens with one attached hydrogen (secondary N) is 2. The van der Waals surface area contributed by atoms with Gasteiger partial charge < -0.3 is 10.6 Å². The van der Waals surface area contributed by atoms with Crippen LogP contribution in [0.4, 0.5) is 0 Å². The van der Waals surface area contributed by atoms with Gasteiger partial charge in [0.15, 0.2) is 0 Å². The molecule has 2 N–H and O–H groups in total. The van der Waals surface area contributed by atoms with Gasteiger partial charge in [0, 0.05) is 31.1 Å². The molecular formula is C14H22Cl2N2. The van der Waals surface area contributed by atoms with Crippen molar-refractivity contribution in [2.45, 2.75) is 37.3 Å². The van der Waals surface area contributed by atoms with E-state index in [-0.39, 0.29) is 24.8 Å². The molecule has 0 heterocycles. The number of benzene rings is 1. The smallest absolute Gasteiger partial charge is 0.0143 e. The first-order valence-corrected chi connectivity index (χ1v) is 6.45. The van der Waals surface area contributed by atoms with Crippen molar-refractivity contribution < 1.29 is 0 Å². The normalized spacial score (nSPS) is 24.9. The first-order chi connectivity index (χ1) is 7.93. The lowest BCUT2D eigenvalue weighted by Gasteiger charge is -2.05. The van der Waals surface area contributed by atoms with Crippen molar-refractivity contribution in [3.05, 3.63) is 35.9 Å². The van der Waals surface area contributed by atoms with Gasteiger partial charge in [0.05, 0.1) is 0 Å². The van der Waals surface area contributed by atoms with E-state index >= 15 is 0 Å². The summed E-state index contributed by atoms with van der Waals surface area (Å²) in [6, 6.07) is 12.4. The summed E-state index contributed by atoms with van der Waals surface area (Å²) in [5, 5.41) is 7.16. The van der Waals surface area contributed by atoms with Gasteiger partial charge in [-0.3, -0.25) is 0 Å². The molecule has 2 nitrogen and oxygen atoms in total. The van der Waals surface area contributed by atoms with Crippen molar-refractivity contribution in [2.75, 3.05) is 13.1 Å². The Kier molecular flexibility index (Phi) is 6.44. The second kappa shape index (κ2) is 7.34. The maximum Gasteiger partial charge on any atom is 0.0143 e. The summed E-state index contributed by atoms with van der Waals surface area (Å²) in [4.78, 5) is 0. The van der Waals surface area contributed by atoms with Crippen LogP contribution in [0.25, 0.3) is 0 Å². The van der Waals surface area contributed by atoms with Crippen LogP contribution in [0, 0.1) is 0 Å². The molecule has 2 saturated carbocycles. The Balaban J connectivity index is 0.000000810. The van der Waals surface area contributed by atoms with Crippen molar-refractivity contribution in [3.8, 4) is 0 Å². The third-order valence-corrected chi connectivity index (χ3v) is 3.56. The van der Waals surface area contributed by atoms with Gasteiger partial charge in [-0.2, -0.15) is 0 Å². The lowest BCUT2D eigenvalue weighted by Crippen LogP contribution is -2.30. The van der Waals surface area contributed by atoms with Crippen LogP contribution in [0.5, 0.6) is 0 Å². The third kappa shape index (κ3) is 4.43. The van der Waals surface area contributed by atoms with E-state index in [0.29, 0.717) is 0 Å². The lowest BCUT2D eigenvalue weighted by atomic mass is 10.1. The highest BCUT2D eigenvalue weighted by Crippen LogP contribution is 2.40. The molecule has 1 aromatic rings. The molecule has 18 heavy (non-hydrogen) atoms. The fourth-order valence-electron chi connectivity index (χ4n) is 2.31. The predicted octanol–water partition coefficient (Wildman–Crippen LogP) is 2.73. The highest BCUT2D eigenvalue weighted by Gasteiger charge is 2.37. The van der Waals surface area contributed by atoms with E-state index in [9.17, 15) is 0 Å². The molecule has 0 amide bonds. The standard InChI is InChI=1S/C14H20N2.2ClH/c1-2-4-11(5-3-1)13-10-14(13)16-9-8-15-12-6-7-12;;/h1-5,12-16H,6-10H2;2*1H. The molecule has 0 spiro atoms. The maximum atomic E-state index is 3.63. The maximum absolute atomic E-state index is 3.63. The predicted molar refractivity (Wildman–Crippen MR) is 81.1 cm³/mol. The van der Waals surface area contributed by atoms with E-state index in [4.69, 9.17) is 0 Å². The van der Waals surface area contributed by atoms with Crippen molar-refractivity contribution in [3.63, 3.8) is 0 Å². The minimum Gasteiger partial charge on any atom is -0.313 e. The van der Waals surface area contributed by atoms with Crippen molar-refractivity contribution >= 4 is 24.8 Å². The van der Waals surface area contributed by atoms with Crippen molar-refractivity contribution in [2.24, 2.45) is 0 Å². The quantitative estimate of drug-likeness (QED) is 0.787. The summed E-state index contributed by atoms with van der Waals surface area (Å²) >= 11 is 0. The van der Waals surface area contributed by atoms with E-state index in [1.165, 1.54) is 24.8 Å². The molecule has 102 valence electrons. The summed E-state index contributed by atoms with van der Waals surface area (Å²) in [6.45, 7) is 2.24. The minimum atomic E-state index is 0. The molecule has 0 bridgehead atoms. The molecule has 0 saturated heterocycles. The Labute approximate surface area is 122 Å². The molecule has 2 unspecified atom stereocenters. The van der Waals surface area contributed by atoms with Gasteiger partial charge in [-0.05, 0) is 24.8 Å². The second-order valence-electron chi connectivity index (χ2n) is 5.04. The first kappa shape index (κ1) is 15.8. The van der Waals surface area contributed by atoms with Crippen LogP contribution in [0.2, 0.25) is 0 Å². The monoisotopic (exact) mass is 288 g/mol. The fraction of sp³-hybridized carbons (Fsp3) is 0.571. The van der Waals surface area contributed by atoms with Gasteiger partial charge in [0.1, 0.15) is 0 Å². The molecular weight excluding hydrogens is 267 g/mol. The first-order valence-electron chi connectivity index (χ1n) is 6.45. The van der Waals surface area contributed by atoms with Crippen LogP contribution < -0.4 is 10.6 Å². The summed E-state index contributed by atoms with van der Waals surface area (Å²) in [7, 11) is 0. The van der Waals surface area contributed by atoms with Crippen LogP contribution in [0.15, 0.2) is 30.3 Å². The molecule has 0 radical (unpaired) electrons. The van der Waals surface area contributed by atoms with Gasteiger partial charge >= 0.3 is 0 Å². The highest BCUT2D eigenvalue weighted by atomic mass is 35.5. The van der Waals surface area contributed by atoms with Gasteiger partial charge in [-0.15, -0.1) is 24.8 Å². The van der Waals surface area contributed by atoms with Crippen LogP contribution >= 0.6 is 24.8 Å². The van der Waals surface area contributed by atoms with Gasteiger partial charge in [0.2, 0.25) is 0 Å². The van der Waals surface area contributed by atoms with Crippen LogP contribution in [0.1, 0.15) is 30.7 Å². The van der Waals surface area contributed by atoms with Gasteiger partial charge in [0.25, 0.3) is 0 Å². The average molecular weight is 289 g/mol. The van der Waals surface area contributed by atoms with Gasteiger partial charge in [-0.1, -0.05) is 30.3 Å². The molecule has 2 fully saturated rings. The Morgan fingerprint density at radius 1 is 0.944 bits per heavy atom. The van der Waals surface area contributed by atoms with E-state index in [1.807, 2.05) is 0 Å². The topological polar surface area (TPSA) is 24.1 Å². The molecule has 2 aliphatic rings. The Morgan fingerprint density at radius 3 is 2.28 bits per heavy atom. The molecule has 2 atom stereocenters. The molecule has 0 aromatic heterocycles. The number of hydrogen-bond acceptors (Lipinski definition) is 2. The zero-order valence-electron chi connectivity index (χ0n) is 10.5. The van der Waals surface area contributed by atoms with Gasteiger partial charge in [-0.25, -0.2) is 0 Å². The zero-order chi connectivity index (χ0) is 10.8. The largest absolute Gasteiger partial charge is 0.313 e. The second-order valence-corrected chi connectivity index (χ2v) is 5.04. The van der Waals surface area contributed by atoms with Crippen molar-refractivity contribution in [1.82, 2.24) is 10.6 Å². The Bertz CT molecular complexity index is 341. The van der Waals surface area contributed by atoms with E-state index in [1.54, 1.807) is 0 Å². The summed E-state index contributed by atoms with van der Waals surface area (Å²) in [5.41, 5.74) is 1.50. The van der Waals surface area contributed by atoms with Crippen LogP contribution in [-0.2, 0) is 0 Å². The Hall–Kier alpha value is -0.280. The zero-order valence-corrected chi connectivity index (χ0v) is 12.1.